The third-order valence-corrected chi connectivity index (χ3v) is 6.47. The average Bonchev–Trinajstić information content (AvgIpc) is 2.69. The summed E-state index contributed by atoms with van der Waals surface area (Å²) in [5.41, 5.74) is -2.91. The molecule has 0 aromatic rings. The van der Waals surface area contributed by atoms with Crippen molar-refractivity contribution in [2.75, 3.05) is 7.11 Å². The maximum Gasteiger partial charge on any atom is 0.333 e. The first-order chi connectivity index (χ1) is 11.7. The van der Waals surface area contributed by atoms with Gasteiger partial charge in [-0.25, -0.2) is 4.79 Å². The molecule has 0 aromatic heterocycles. The van der Waals surface area contributed by atoms with E-state index in [1.807, 2.05) is 0 Å². The summed E-state index contributed by atoms with van der Waals surface area (Å²) < 4.78 is 10.5. The average molecular weight is 352 g/mol. The van der Waals surface area contributed by atoms with Crippen molar-refractivity contribution < 1.29 is 34.1 Å². The predicted molar refractivity (Wildman–Crippen MR) is 85.4 cm³/mol. The number of allylic oxidation sites excluding steroid dienone is 1. The van der Waals surface area contributed by atoms with Crippen LogP contribution in [0.2, 0.25) is 0 Å². The SMILES string of the molecule is COC(=O)C1=CCC23CCC(C(C)(CCC(=O)O)OC2=O)C3(O)CC1. The number of hydrogen-bond acceptors (Lipinski definition) is 6. The van der Waals surface area contributed by atoms with Crippen LogP contribution in [-0.4, -0.2) is 46.4 Å². The van der Waals surface area contributed by atoms with E-state index in [9.17, 15) is 19.5 Å². The van der Waals surface area contributed by atoms with Crippen LogP contribution in [0.5, 0.6) is 0 Å². The van der Waals surface area contributed by atoms with Gasteiger partial charge >= 0.3 is 17.9 Å². The molecule has 2 fully saturated rings. The van der Waals surface area contributed by atoms with Crippen LogP contribution in [0.25, 0.3) is 0 Å². The monoisotopic (exact) mass is 352 g/mol. The third kappa shape index (κ3) is 2.47. The summed E-state index contributed by atoms with van der Waals surface area (Å²) in [6.07, 6.45) is 3.61. The zero-order valence-corrected chi connectivity index (χ0v) is 14.5. The first kappa shape index (κ1) is 17.9. The number of rotatable bonds is 4. The Morgan fingerprint density at radius 1 is 1.40 bits per heavy atom. The smallest absolute Gasteiger partial charge is 0.333 e. The zero-order valence-electron chi connectivity index (χ0n) is 14.5. The Balaban J connectivity index is 1.96. The summed E-state index contributed by atoms with van der Waals surface area (Å²) in [7, 11) is 1.30. The summed E-state index contributed by atoms with van der Waals surface area (Å²) in [5, 5.41) is 20.6. The molecular weight excluding hydrogens is 328 g/mol. The normalized spacial score (nSPS) is 39.7. The molecule has 3 aliphatic rings. The Labute approximate surface area is 146 Å². The molecule has 2 aliphatic carbocycles. The van der Waals surface area contributed by atoms with Gasteiger partial charge in [0.25, 0.3) is 0 Å². The maximum absolute atomic E-state index is 12.9. The molecule has 3 rings (SSSR count). The van der Waals surface area contributed by atoms with Crippen molar-refractivity contribution in [3.05, 3.63) is 11.6 Å². The van der Waals surface area contributed by atoms with Gasteiger partial charge in [-0.3, -0.25) is 9.59 Å². The van der Waals surface area contributed by atoms with Crippen molar-refractivity contribution in [3.8, 4) is 0 Å². The zero-order chi connectivity index (χ0) is 18.5. The minimum Gasteiger partial charge on any atom is -0.481 e. The quantitative estimate of drug-likeness (QED) is 0.739. The Morgan fingerprint density at radius 3 is 2.76 bits per heavy atom. The molecule has 1 saturated heterocycles. The predicted octanol–water partition coefficient (Wildman–Crippen LogP) is 1.58. The highest BCUT2D eigenvalue weighted by molar-refractivity contribution is 5.89. The molecule has 0 spiro atoms. The third-order valence-electron chi connectivity index (χ3n) is 6.47. The fourth-order valence-electron chi connectivity index (χ4n) is 5.05. The van der Waals surface area contributed by atoms with Crippen LogP contribution in [0, 0.1) is 11.3 Å². The van der Waals surface area contributed by atoms with Crippen molar-refractivity contribution in [1.29, 1.82) is 0 Å². The van der Waals surface area contributed by atoms with E-state index in [0.29, 0.717) is 24.8 Å². The van der Waals surface area contributed by atoms with Crippen LogP contribution in [0.4, 0.5) is 0 Å². The van der Waals surface area contributed by atoms with Crippen LogP contribution in [0.15, 0.2) is 11.6 Å². The van der Waals surface area contributed by atoms with Gasteiger partial charge in [-0.2, -0.15) is 0 Å². The Morgan fingerprint density at radius 2 is 2.12 bits per heavy atom. The summed E-state index contributed by atoms with van der Waals surface area (Å²) in [4.78, 5) is 35.7. The minimum atomic E-state index is -1.30. The number of carboxylic acid groups (broad SMARTS) is 1. The second kappa shape index (κ2) is 5.83. The van der Waals surface area contributed by atoms with E-state index < -0.39 is 34.5 Å². The number of carbonyl (C=O) groups excluding carboxylic acids is 2. The van der Waals surface area contributed by atoms with E-state index in [4.69, 9.17) is 14.6 Å². The lowest BCUT2D eigenvalue weighted by Crippen LogP contribution is -2.64. The van der Waals surface area contributed by atoms with Gasteiger partial charge in [0.2, 0.25) is 0 Å². The van der Waals surface area contributed by atoms with Gasteiger partial charge in [-0.1, -0.05) is 6.08 Å². The van der Waals surface area contributed by atoms with Crippen LogP contribution < -0.4 is 0 Å². The van der Waals surface area contributed by atoms with E-state index in [2.05, 4.69) is 0 Å². The molecule has 1 heterocycles. The fraction of sp³-hybridized carbons (Fsp3) is 0.722. The van der Waals surface area contributed by atoms with Crippen LogP contribution in [-0.2, 0) is 23.9 Å². The van der Waals surface area contributed by atoms with E-state index in [0.717, 1.165) is 0 Å². The van der Waals surface area contributed by atoms with Crippen LogP contribution in [0.3, 0.4) is 0 Å². The number of aliphatic hydroxyl groups is 1. The second-order valence-electron chi connectivity index (χ2n) is 7.62. The number of carboxylic acids is 1. The summed E-state index contributed by atoms with van der Waals surface area (Å²) >= 11 is 0. The van der Waals surface area contributed by atoms with Gasteiger partial charge in [0.1, 0.15) is 11.0 Å². The number of hydrogen-bond donors (Lipinski definition) is 2. The number of esters is 2. The molecule has 7 heteroatoms. The van der Waals surface area contributed by atoms with Crippen molar-refractivity contribution >= 4 is 17.9 Å². The highest BCUT2D eigenvalue weighted by Crippen LogP contribution is 2.64. The molecule has 1 saturated carbocycles. The lowest BCUT2D eigenvalue weighted by Gasteiger charge is -2.53. The maximum atomic E-state index is 12.9. The van der Waals surface area contributed by atoms with Gasteiger partial charge in [-0.15, -0.1) is 0 Å². The molecule has 0 amide bonds. The first-order valence-corrected chi connectivity index (χ1v) is 8.63. The molecule has 2 bridgehead atoms. The van der Waals surface area contributed by atoms with E-state index in [-0.39, 0.29) is 31.6 Å². The number of carbonyl (C=O) groups is 3. The summed E-state index contributed by atoms with van der Waals surface area (Å²) in [6, 6.07) is 0. The Hall–Kier alpha value is -1.89. The lowest BCUT2D eigenvalue weighted by molar-refractivity contribution is -0.236. The van der Waals surface area contributed by atoms with Gasteiger partial charge in [-0.05, 0) is 45.4 Å². The highest BCUT2D eigenvalue weighted by Gasteiger charge is 2.72. The largest absolute Gasteiger partial charge is 0.481 e. The standard InChI is InChI=1S/C18H24O7/c1-16(7-6-13(19)20)12-5-9-17(15(22)25-16)8-3-11(14(21)24-2)4-10-18(12,17)23/h3,12,23H,4-10H2,1-2H3,(H,19,20). The van der Waals surface area contributed by atoms with Gasteiger partial charge in [0.15, 0.2) is 0 Å². The number of methoxy groups -OCH3 is 1. The number of ether oxygens (including phenoxy) is 2. The van der Waals surface area contributed by atoms with Crippen LogP contribution in [0.1, 0.15) is 51.9 Å². The molecule has 1 aliphatic heterocycles. The molecule has 25 heavy (non-hydrogen) atoms. The van der Waals surface area contributed by atoms with Crippen molar-refractivity contribution in [3.63, 3.8) is 0 Å². The molecule has 0 radical (unpaired) electrons. The van der Waals surface area contributed by atoms with Crippen LogP contribution >= 0.6 is 0 Å². The van der Waals surface area contributed by atoms with E-state index in [1.54, 1.807) is 13.0 Å². The van der Waals surface area contributed by atoms with Crippen molar-refractivity contribution in [1.82, 2.24) is 0 Å². The minimum absolute atomic E-state index is 0.130. The topological polar surface area (TPSA) is 110 Å². The molecule has 4 unspecified atom stereocenters. The molecule has 0 aromatic carbocycles. The number of aliphatic carboxylic acids is 1. The highest BCUT2D eigenvalue weighted by atomic mass is 16.6. The molecule has 138 valence electrons. The molecule has 2 N–H and O–H groups in total. The van der Waals surface area contributed by atoms with Gasteiger partial charge in [0.05, 0.1) is 12.7 Å². The van der Waals surface area contributed by atoms with E-state index >= 15 is 0 Å². The van der Waals surface area contributed by atoms with Crippen molar-refractivity contribution in [2.24, 2.45) is 11.3 Å². The van der Waals surface area contributed by atoms with Gasteiger partial charge < -0.3 is 19.7 Å². The molecular formula is C18H24O7. The Bertz CT molecular complexity index is 654. The summed E-state index contributed by atoms with van der Waals surface area (Å²) in [5.74, 6) is -2.24. The molecule has 7 nitrogen and oxygen atoms in total. The second-order valence-corrected chi connectivity index (χ2v) is 7.62. The van der Waals surface area contributed by atoms with E-state index in [1.165, 1.54) is 7.11 Å². The number of cyclic esters (lactones) is 1. The lowest BCUT2D eigenvalue weighted by atomic mass is 9.62. The summed E-state index contributed by atoms with van der Waals surface area (Å²) in [6.45, 7) is 1.71. The first-order valence-electron chi connectivity index (χ1n) is 8.63. The fourth-order valence-corrected chi connectivity index (χ4v) is 5.05. The Kier molecular flexibility index (Phi) is 4.18. The van der Waals surface area contributed by atoms with Gasteiger partial charge in [0, 0.05) is 17.9 Å². The van der Waals surface area contributed by atoms with Crippen molar-refractivity contribution in [2.45, 2.75) is 63.1 Å². The molecule has 4 atom stereocenters.